The third kappa shape index (κ3) is 9.19. The molecule has 1 fully saturated rings. The second-order valence-electron chi connectivity index (χ2n) is 10.6. The smallest absolute Gasteiger partial charge is 0.248 e. The molecule has 0 aliphatic carbocycles. The number of nitrogens with zero attached hydrogens (tertiary/aromatic N) is 3. The first-order chi connectivity index (χ1) is 21.2. The molecule has 228 valence electrons. The Hall–Kier alpha value is -4.62. The maximum absolute atomic E-state index is 12.4. The predicted molar refractivity (Wildman–Crippen MR) is 175 cm³/mol. The maximum atomic E-state index is 12.4. The Balaban J connectivity index is 0.000000802. The molecule has 1 saturated heterocycles. The minimum absolute atomic E-state index is 0.141. The Kier molecular flexibility index (Phi) is 11.5. The van der Waals surface area contributed by atoms with E-state index in [1.54, 1.807) is 30.3 Å². The number of amides is 1. The number of hydrogen-bond donors (Lipinski definition) is 3. The van der Waals surface area contributed by atoms with E-state index in [0.29, 0.717) is 46.2 Å². The molecule has 0 bridgehead atoms. The van der Waals surface area contributed by atoms with Gasteiger partial charge in [0.05, 0.1) is 27.5 Å². The van der Waals surface area contributed by atoms with Crippen molar-refractivity contribution in [2.45, 2.75) is 26.4 Å². The monoisotopic (exact) mass is 613 g/mol. The van der Waals surface area contributed by atoms with Crippen molar-refractivity contribution < 1.29 is 19.4 Å². The quantitative estimate of drug-likeness (QED) is 0.137. The van der Waals surface area contributed by atoms with Crippen LogP contribution in [0.15, 0.2) is 72.9 Å². The Morgan fingerprint density at radius 3 is 2.55 bits per heavy atom. The van der Waals surface area contributed by atoms with Gasteiger partial charge >= 0.3 is 0 Å². The van der Waals surface area contributed by atoms with Gasteiger partial charge in [0.1, 0.15) is 24.2 Å². The number of hydrogen-bond acceptors (Lipinski definition) is 8. The van der Waals surface area contributed by atoms with Crippen LogP contribution in [-0.2, 0) is 16.1 Å². The minimum Gasteiger partial charge on any atom is -0.506 e. The highest BCUT2D eigenvalue weighted by atomic mass is 35.5. The Morgan fingerprint density at radius 1 is 1.16 bits per heavy atom. The Labute approximate surface area is 262 Å². The summed E-state index contributed by atoms with van der Waals surface area (Å²) in [5.74, 6) is -0.00307. The second kappa shape index (κ2) is 15.7. The Bertz CT molecular complexity index is 1650. The van der Waals surface area contributed by atoms with E-state index in [1.807, 2.05) is 50.2 Å². The van der Waals surface area contributed by atoms with Gasteiger partial charge in [0.25, 0.3) is 0 Å². The number of anilines is 3. The number of carbonyl (C=O) groups excluding carboxylic acids is 1. The molecule has 5 rings (SSSR count). The number of aromatic hydroxyl groups is 1. The third-order valence-corrected chi connectivity index (χ3v) is 6.94. The van der Waals surface area contributed by atoms with Gasteiger partial charge in [-0.05, 0) is 63.7 Å². The number of likely N-dealkylation sites (N-methyl/N-ethyl adjacent to an activating group) is 1. The molecule has 3 aromatic carbocycles. The van der Waals surface area contributed by atoms with Crippen LogP contribution in [0.1, 0.15) is 29.5 Å². The number of rotatable bonds is 9. The summed E-state index contributed by atoms with van der Waals surface area (Å²) >= 11 is 6.51. The highest BCUT2D eigenvalue weighted by Crippen LogP contribution is 2.37. The molecule has 0 saturated carbocycles. The number of aromatic nitrogens is 1. The van der Waals surface area contributed by atoms with E-state index in [0.717, 1.165) is 18.8 Å². The SMILES string of the molecule is C1CCOC1.Cc1ccc(COc2ccc(Nc3c(C#N)cnc4cc(O)c(NC(=O)/C=C/CN(C)C)cc34)cc2Cl)cc1. The fourth-order valence-electron chi connectivity index (χ4n) is 4.29. The molecule has 1 aliphatic rings. The lowest BCUT2D eigenvalue weighted by molar-refractivity contribution is -0.111. The van der Waals surface area contributed by atoms with Crippen molar-refractivity contribution in [3.63, 3.8) is 0 Å². The summed E-state index contributed by atoms with van der Waals surface area (Å²) < 4.78 is 10.8. The van der Waals surface area contributed by atoms with Gasteiger partial charge in [-0.1, -0.05) is 47.5 Å². The van der Waals surface area contributed by atoms with E-state index in [2.05, 4.69) is 21.7 Å². The number of halogens is 1. The van der Waals surface area contributed by atoms with Crippen LogP contribution in [0.25, 0.3) is 10.9 Å². The van der Waals surface area contributed by atoms with E-state index in [4.69, 9.17) is 21.1 Å². The number of phenolic OH excluding ortho intramolecular Hbond substituents is 1. The van der Waals surface area contributed by atoms with E-state index in [9.17, 15) is 15.2 Å². The summed E-state index contributed by atoms with van der Waals surface area (Å²) in [7, 11) is 3.79. The fraction of sp³-hybridized carbons (Fsp3) is 0.265. The van der Waals surface area contributed by atoms with Gasteiger partial charge in [-0.2, -0.15) is 5.26 Å². The van der Waals surface area contributed by atoms with Crippen molar-refractivity contribution in [2.75, 3.05) is 44.5 Å². The molecule has 1 aliphatic heterocycles. The molecule has 1 amide bonds. The second-order valence-corrected chi connectivity index (χ2v) is 11.0. The van der Waals surface area contributed by atoms with Crippen LogP contribution < -0.4 is 15.4 Å². The van der Waals surface area contributed by atoms with Crippen molar-refractivity contribution in [3.8, 4) is 17.6 Å². The van der Waals surface area contributed by atoms with Gasteiger partial charge in [0.2, 0.25) is 5.91 Å². The average molecular weight is 614 g/mol. The highest BCUT2D eigenvalue weighted by Gasteiger charge is 2.15. The molecule has 44 heavy (non-hydrogen) atoms. The van der Waals surface area contributed by atoms with Gasteiger partial charge in [-0.25, -0.2) is 0 Å². The molecule has 3 N–H and O–H groups in total. The first-order valence-electron chi connectivity index (χ1n) is 14.2. The normalized spacial score (nSPS) is 12.5. The van der Waals surface area contributed by atoms with Crippen molar-refractivity contribution in [2.24, 2.45) is 0 Å². The number of benzene rings is 3. The molecular weight excluding hydrogens is 578 g/mol. The minimum atomic E-state index is -0.390. The molecule has 1 aromatic heterocycles. The lowest BCUT2D eigenvalue weighted by Gasteiger charge is -2.15. The van der Waals surface area contributed by atoms with E-state index < -0.39 is 5.91 Å². The topological polar surface area (TPSA) is 120 Å². The predicted octanol–water partition coefficient (Wildman–Crippen LogP) is 6.95. The number of nitriles is 1. The molecule has 4 aromatic rings. The summed E-state index contributed by atoms with van der Waals surface area (Å²) in [5, 5.41) is 27.1. The number of ether oxygens (including phenoxy) is 2. The van der Waals surface area contributed by atoms with Crippen molar-refractivity contribution in [3.05, 3.63) is 94.7 Å². The highest BCUT2D eigenvalue weighted by molar-refractivity contribution is 6.32. The third-order valence-electron chi connectivity index (χ3n) is 6.65. The van der Waals surface area contributed by atoms with Crippen LogP contribution in [0.5, 0.6) is 11.5 Å². The number of phenols is 1. The lowest BCUT2D eigenvalue weighted by Crippen LogP contribution is -2.13. The van der Waals surface area contributed by atoms with Crippen LogP contribution in [0.4, 0.5) is 17.1 Å². The largest absolute Gasteiger partial charge is 0.506 e. The number of aryl methyl sites for hydroxylation is 1. The summed E-state index contributed by atoms with van der Waals surface area (Å²) in [4.78, 5) is 18.6. The number of fused-ring (bicyclic) bond motifs is 1. The van der Waals surface area contributed by atoms with Gasteiger partial charge < -0.3 is 30.1 Å². The molecule has 0 unspecified atom stereocenters. The zero-order chi connectivity index (χ0) is 31.5. The van der Waals surface area contributed by atoms with Gasteiger partial charge in [0.15, 0.2) is 0 Å². The van der Waals surface area contributed by atoms with E-state index in [1.165, 1.54) is 36.7 Å². The van der Waals surface area contributed by atoms with Crippen LogP contribution >= 0.6 is 11.6 Å². The van der Waals surface area contributed by atoms with Crippen LogP contribution in [0, 0.1) is 18.3 Å². The zero-order valence-corrected chi connectivity index (χ0v) is 25.8. The molecule has 2 heterocycles. The molecule has 10 heteroatoms. The van der Waals surface area contributed by atoms with Gasteiger partial charge in [-0.3, -0.25) is 9.78 Å². The maximum Gasteiger partial charge on any atom is 0.248 e. The summed E-state index contributed by atoms with van der Waals surface area (Å²) in [5.41, 5.74) is 4.21. The zero-order valence-electron chi connectivity index (χ0n) is 25.1. The van der Waals surface area contributed by atoms with Gasteiger partial charge in [0, 0.05) is 49.2 Å². The standard InChI is InChI=1S/C30H28ClN5O3.C4H8O/c1-19-6-8-20(9-7-19)18-39-28-11-10-22(13-24(28)31)34-30-21(16-32)17-33-25-15-27(37)26(14-23(25)30)35-29(38)5-4-12-36(2)3;1-2-4-5-3-1/h4-11,13-15,17,37H,12,18H2,1-3H3,(H,33,34)(H,35,38);1-4H2/b5-4+;. The first-order valence-corrected chi connectivity index (χ1v) is 14.6. The van der Waals surface area contributed by atoms with E-state index >= 15 is 0 Å². The molecular formula is C34H36ClN5O4. The molecule has 0 radical (unpaired) electrons. The summed E-state index contributed by atoms with van der Waals surface area (Å²) in [6, 6.07) is 18.5. The summed E-state index contributed by atoms with van der Waals surface area (Å²) in [6.07, 6.45) is 7.10. The van der Waals surface area contributed by atoms with Crippen molar-refractivity contribution >= 4 is 45.5 Å². The Morgan fingerprint density at radius 2 is 1.91 bits per heavy atom. The number of nitrogens with one attached hydrogen (secondary N) is 2. The molecule has 9 nitrogen and oxygen atoms in total. The van der Waals surface area contributed by atoms with Crippen LogP contribution in [-0.4, -0.2) is 54.8 Å². The van der Waals surface area contributed by atoms with Crippen LogP contribution in [0.2, 0.25) is 5.02 Å². The first kappa shape index (κ1) is 32.3. The fourth-order valence-corrected chi connectivity index (χ4v) is 4.52. The lowest BCUT2D eigenvalue weighted by atomic mass is 10.1. The number of pyridine rings is 1. The van der Waals surface area contributed by atoms with Gasteiger partial charge in [-0.15, -0.1) is 0 Å². The molecule has 0 spiro atoms. The summed E-state index contributed by atoms with van der Waals surface area (Å²) in [6.45, 7) is 5.00. The van der Waals surface area contributed by atoms with Crippen molar-refractivity contribution in [1.29, 1.82) is 5.26 Å². The van der Waals surface area contributed by atoms with Crippen LogP contribution in [0.3, 0.4) is 0 Å². The van der Waals surface area contributed by atoms with E-state index in [-0.39, 0.29) is 17.0 Å². The number of carbonyl (C=O) groups is 1. The average Bonchev–Trinajstić information content (AvgIpc) is 3.59. The van der Waals surface area contributed by atoms with Crippen molar-refractivity contribution in [1.82, 2.24) is 9.88 Å². The molecule has 0 atom stereocenters.